The fourth-order valence-electron chi connectivity index (χ4n) is 2.93. The van der Waals surface area contributed by atoms with Crippen molar-refractivity contribution in [2.45, 2.75) is 12.3 Å². The maximum atomic E-state index is 12.9. The van der Waals surface area contributed by atoms with E-state index in [2.05, 4.69) is 0 Å². The van der Waals surface area contributed by atoms with Crippen molar-refractivity contribution < 1.29 is 56.7 Å². The van der Waals surface area contributed by atoms with E-state index in [-0.39, 0.29) is 28.4 Å². The molecule has 1 aliphatic heterocycles. The Morgan fingerprint density at radius 3 is 2.00 bits per heavy atom. The summed E-state index contributed by atoms with van der Waals surface area (Å²) < 4.78 is 63.3. The molecule has 0 saturated carbocycles. The molecule has 2 aromatic carbocycles. The Bertz CT molecular complexity index is 1090. The lowest BCUT2D eigenvalue weighted by Crippen LogP contribution is -2.40. The molecule has 2 aromatic rings. The number of aromatic hydroxyl groups is 1. The van der Waals surface area contributed by atoms with Crippen LogP contribution < -0.4 is 23.7 Å². The van der Waals surface area contributed by atoms with Gasteiger partial charge in [0, 0.05) is 23.8 Å². The van der Waals surface area contributed by atoms with Gasteiger partial charge in [-0.15, -0.1) is 0 Å². The quantitative estimate of drug-likeness (QED) is 0.589. The summed E-state index contributed by atoms with van der Waals surface area (Å²) in [6.07, 6.45) is -5.96. The topological polar surface area (TPSA) is 121 Å². The normalized spacial score (nSPS) is 14.3. The first kappa shape index (κ1) is 26.2. The predicted octanol–water partition coefficient (Wildman–Crippen LogP) is 3.72. The van der Waals surface area contributed by atoms with Gasteiger partial charge in [0.05, 0.1) is 39.6 Å². The van der Waals surface area contributed by atoms with Crippen molar-refractivity contribution in [3.63, 3.8) is 0 Å². The van der Waals surface area contributed by atoms with Gasteiger partial charge < -0.3 is 33.9 Å². The Morgan fingerprint density at radius 1 is 0.971 bits per heavy atom. The van der Waals surface area contributed by atoms with Crippen LogP contribution in [0.1, 0.15) is 15.9 Å². The third kappa shape index (κ3) is 5.63. The Labute approximate surface area is 191 Å². The second kappa shape index (κ2) is 10.7. The lowest BCUT2D eigenvalue weighted by Gasteiger charge is -2.28. The van der Waals surface area contributed by atoms with Gasteiger partial charge in [-0.2, -0.15) is 13.2 Å². The molecule has 1 unspecified atom stereocenters. The van der Waals surface area contributed by atoms with Gasteiger partial charge in [0.15, 0.2) is 17.8 Å². The molecule has 0 radical (unpaired) electrons. The molecule has 1 heterocycles. The number of benzene rings is 2. The van der Waals surface area contributed by atoms with Crippen molar-refractivity contribution in [1.29, 1.82) is 0 Å². The van der Waals surface area contributed by atoms with E-state index in [4.69, 9.17) is 28.8 Å². The minimum Gasteiger partial charge on any atom is -0.507 e. The number of fused-ring (bicyclic) bond motifs is 1. The van der Waals surface area contributed by atoms with E-state index in [0.29, 0.717) is 23.5 Å². The summed E-state index contributed by atoms with van der Waals surface area (Å²) in [4.78, 5) is 21.5. The van der Waals surface area contributed by atoms with E-state index in [9.17, 15) is 27.9 Å². The molecule has 9 nitrogen and oxygen atoms in total. The Kier molecular flexibility index (Phi) is 8.22. The largest absolute Gasteiger partial charge is 0.507 e. The number of aldehydes is 1. The van der Waals surface area contributed by atoms with Crippen LogP contribution in [0, 0.1) is 0 Å². The number of alkyl halides is 3. The zero-order chi connectivity index (χ0) is 25.6. The predicted molar refractivity (Wildman–Crippen MR) is 112 cm³/mol. The van der Waals surface area contributed by atoms with Gasteiger partial charge in [0.2, 0.25) is 6.10 Å². The van der Waals surface area contributed by atoms with Crippen molar-refractivity contribution in [3.05, 3.63) is 41.0 Å². The van der Waals surface area contributed by atoms with E-state index >= 15 is 0 Å². The van der Waals surface area contributed by atoms with E-state index in [1.807, 2.05) is 0 Å². The highest BCUT2D eigenvalue weighted by atomic mass is 19.4. The zero-order valence-electron chi connectivity index (χ0n) is 18.4. The molecule has 0 fully saturated rings. The van der Waals surface area contributed by atoms with Crippen LogP contribution in [-0.2, 0) is 4.79 Å². The van der Waals surface area contributed by atoms with Crippen molar-refractivity contribution >= 4 is 18.3 Å². The molecule has 0 bridgehead atoms. The van der Waals surface area contributed by atoms with E-state index in [1.165, 1.54) is 52.7 Å². The number of methoxy groups -OCH3 is 4. The zero-order valence-corrected chi connectivity index (χ0v) is 18.4. The molecule has 12 heteroatoms. The van der Waals surface area contributed by atoms with Crippen molar-refractivity contribution in [2.75, 3.05) is 28.4 Å². The summed E-state index contributed by atoms with van der Waals surface area (Å²) in [5.74, 6) is -0.951. The van der Waals surface area contributed by atoms with E-state index in [0.717, 1.165) is 6.08 Å². The summed E-state index contributed by atoms with van der Waals surface area (Å²) in [6.45, 7) is 0. The molecule has 0 spiro atoms. The van der Waals surface area contributed by atoms with Crippen LogP contribution in [-0.4, -0.2) is 63.2 Å². The highest BCUT2D eigenvalue weighted by molar-refractivity contribution is 5.95. The maximum absolute atomic E-state index is 12.9. The van der Waals surface area contributed by atoms with Gasteiger partial charge in [-0.25, -0.2) is 4.79 Å². The number of hydrogen-bond acceptors (Lipinski definition) is 8. The number of phenols is 1. The van der Waals surface area contributed by atoms with Crippen molar-refractivity contribution in [2.24, 2.45) is 0 Å². The van der Waals surface area contributed by atoms with Crippen LogP contribution in [0.5, 0.6) is 34.5 Å². The molecule has 2 N–H and O–H groups in total. The van der Waals surface area contributed by atoms with Gasteiger partial charge in [-0.3, -0.25) is 4.79 Å². The van der Waals surface area contributed by atoms with E-state index < -0.39 is 23.8 Å². The minimum absolute atomic E-state index is 0.0271. The second-order valence-electron chi connectivity index (χ2n) is 6.57. The van der Waals surface area contributed by atoms with Crippen LogP contribution in [0.25, 0.3) is 6.08 Å². The summed E-state index contributed by atoms with van der Waals surface area (Å²) in [6, 6.07) is 5.61. The Morgan fingerprint density at radius 2 is 1.53 bits per heavy atom. The highest BCUT2D eigenvalue weighted by Gasteiger charge is 2.49. The lowest BCUT2D eigenvalue weighted by atomic mass is 10.0. The van der Waals surface area contributed by atoms with Gasteiger partial charge in [-0.1, -0.05) is 0 Å². The standard InChI is InChI=1S/C13H11F3O5.C9H10O4/c1-19-7-3-6-4-8(12(17)18)11(13(14,15)16)21-10(6)9(5-7)20-2;1-12-6-3-8(11)7(5-10)9(4-6)13-2/h3-5,11H,1-2H3,(H,17,18);3-5,11H,1-2H3. The first-order valence-corrected chi connectivity index (χ1v) is 9.35. The minimum atomic E-state index is -4.85. The van der Waals surface area contributed by atoms with E-state index in [1.54, 1.807) is 0 Å². The average molecular weight is 486 g/mol. The molecule has 0 saturated heterocycles. The second-order valence-corrected chi connectivity index (χ2v) is 6.57. The Balaban J connectivity index is 0.000000270. The van der Waals surface area contributed by atoms with Crippen LogP contribution in [0.15, 0.2) is 29.8 Å². The fourth-order valence-corrected chi connectivity index (χ4v) is 2.93. The monoisotopic (exact) mass is 486 g/mol. The fraction of sp³-hybridized carbons (Fsp3) is 0.273. The number of carboxylic acids is 1. The molecule has 0 amide bonds. The molecular weight excluding hydrogens is 465 g/mol. The van der Waals surface area contributed by atoms with Gasteiger partial charge in [0.1, 0.15) is 23.0 Å². The third-order valence-electron chi connectivity index (χ3n) is 4.55. The SMILES string of the molecule is COc1cc(O)c(C=O)c(OC)c1.COc1cc2c(c(OC)c1)OC(C(F)(F)F)C(C(=O)O)=C2. The van der Waals surface area contributed by atoms with Crippen molar-refractivity contribution in [1.82, 2.24) is 0 Å². The molecule has 3 rings (SSSR count). The molecule has 1 atom stereocenters. The van der Waals surface area contributed by atoms with Crippen LogP contribution in [0.4, 0.5) is 13.2 Å². The molecule has 1 aliphatic rings. The summed E-state index contributed by atoms with van der Waals surface area (Å²) >= 11 is 0. The average Bonchev–Trinajstić information content (AvgIpc) is 2.81. The number of ether oxygens (including phenoxy) is 5. The molecule has 0 aromatic heterocycles. The van der Waals surface area contributed by atoms with Crippen LogP contribution >= 0.6 is 0 Å². The van der Waals surface area contributed by atoms with Crippen molar-refractivity contribution in [3.8, 4) is 34.5 Å². The highest BCUT2D eigenvalue weighted by Crippen LogP contribution is 2.44. The summed E-state index contributed by atoms with van der Waals surface area (Å²) in [5.41, 5.74) is -0.627. The van der Waals surface area contributed by atoms with Crippen LogP contribution in [0.3, 0.4) is 0 Å². The van der Waals surface area contributed by atoms with Gasteiger partial charge in [0.25, 0.3) is 0 Å². The number of carbonyl (C=O) groups is 2. The Hall–Kier alpha value is -4.09. The first-order chi connectivity index (χ1) is 16.0. The smallest absolute Gasteiger partial charge is 0.430 e. The van der Waals surface area contributed by atoms with Crippen LogP contribution in [0.2, 0.25) is 0 Å². The molecule has 0 aliphatic carbocycles. The number of rotatable bonds is 6. The number of halogens is 3. The summed E-state index contributed by atoms with van der Waals surface area (Å²) in [5, 5.41) is 18.3. The number of hydrogen-bond donors (Lipinski definition) is 2. The lowest BCUT2D eigenvalue weighted by molar-refractivity contribution is -0.187. The molecule has 34 heavy (non-hydrogen) atoms. The third-order valence-corrected chi connectivity index (χ3v) is 4.55. The molecular formula is C22H21F3O9. The number of carboxylic acid groups (broad SMARTS) is 1. The first-order valence-electron chi connectivity index (χ1n) is 9.35. The summed E-state index contributed by atoms with van der Waals surface area (Å²) in [7, 11) is 5.51. The maximum Gasteiger partial charge on any atom is 0.430 e. The number of carbonyl (C=O) groups excluding carboxylic acids is 1. The number of aliphatic carboxylic acids is 1. The molecule has 184 valence electrons. The number of phenolic OH excluding ortho intramolecular Hbond substituents is 1. The van der Waals surface area contributed by atoms with Gasteiger partial charge >= 0.3 is 12.1 Å². The van der Waals surface area contributed by atoms with Gasteiger partial charge in [-0.05, 0) is 12.1 Å².